The van der Waals surface area contributed by atoms with E-state index in [2.05, 4.69) is 19.4 Å². The maximum Gasteiger partial charge on any atom is 0.410 e. The molecule has 1 amide bonds. The van der Waals surface area contributed by atoms with E-state index >= 15 is 0 Å². The van der Waals surface area contributed by atoms with Crippen molar-refractivity contribution in [2.24, 2.45) is 0 Å². The molecule has 0 bridgehead atoms. The van der Waals surface area contributed by atoms with Crippen LogP contribution < -0.4 is 9.64 Å². The molecule has 0 saturated carbocycles. The summed E-state index contributed by atoms with van der Waals surface area (Å²) in [5.41, 5.74) is 0.717. The molecule has 2 aliphatic rings. The number of carbonyl (C=O) groups is 2. The van der Waals surface area contributed by atoms with Crippen LogP contribution in [0.1, 0.15) is 20.8 Å². The van der Waals surface area contributed by atoms with Gasteiger partial charge in [0.1, 0.15) is 11.4 Å². The molecule has 2 fully saturated rings. The second-order valence-corrected chi connectivity index (χ2v) is 9.50. The van der Waals surface area contributed by atoms with Crippen molar-refractivity contribution >= 4 is 17.7 Å². The lowest BCUT2D eigenvalue weighted by atomic mass is 10.2. The molecule has 0 spiro atoms. The molecule has 2 aliphatic heterocycles. The Bertz CT molecular complexity index is 764. The van der Waals surface area contributed by atoms with Gasteiger partial charge in [0.25, 0.3) is 0 Å². The molecule has 0 aromatic heterocycles. The number of methoxy groups -OCH3 is 1. The van der Waals surface area contributed by atoms with Gasteiger partial charge in [0.2, 0.25) is 0 Å². The highest BCUT2D eigenvalue weighted by atomic mass is 16.6. The molecular formula is C24H38N4O5. The van der Waals surface area contributed by atoms with Crippen LogP contribution in [0.25, 0.3) is 0 Å². The zero-order chi connectivity index (χ0) is 23.8. The molecule has 0 aliphatic carbocycles. The van der Waals surface area contributed by atoms with Gasteiger partial charge in [-0.15, -0.1) is 0 Å². The van der Waals surface area contributed by atoms with Crippen LogP contribution in [0, 0.1) is 0 Å². The van der Waals surface area contributed by atoms with Gasteiger partial charge < -0.3 is 24.0 Å². The number of amides is 1. The van der Waals surface area contributed by atoms with Gasteiger partial charge in [0.15, 0.2) is 6.61 Å². The Hall–Kier alpha value is -2.52. The van der Waals surface area contributed by atoms with Crippen molar-refractivity contribution in [3.8, 4) is 5.75 Å². The van der Waals surface area contributed by atoms with Crippen LogP contribution in [0.2, 0.25) is 0 Å². The number of anilines is 1. The SMILES string of the molecule is COC(=O)COc1ccc(N2CCN(CCN3CCN(C(=O)OC(C)(C)C)CC3)CC2)cc1. The summed E-state index contributed by atoms with van der Waals surface area (Å²) >= 11 is 0. The topological polar surface area (TPSA) is 74.8 Å². The minimum atomic E-state index is -0.448. The summed E-state index contributed by atoms with van der Waals surface area (Å²) < 4.78 is 15.5. The fourth-order valence-electron chi connectivity index (χ4n) is 3.95. The van der Waals surface area contributed by atoms with Gasteiger partial charge in [-0.1, -0.05) is 0 Å². The van der Waals surface area contributed by atoms with E-state index < -0.39 is 5.60 Å². The molecule has 9 heteroatoms. The van der Waals surface area contributed by atoms with Crippen molar-refractivity contribution in [2.45, 2.75) is 26.4 Å². The van der Waals surface area contributed by atoms with E-state index in [1.165, 1.54) is 12.8 Å². The molecule has 1 aromatic rings. The van der Waals surface area contributed by atoms with Gasteiger partial charge in [0, 0.05) is 71.1 Å². The van der Waals surface area contributed by atoms with E-state index in [1.54, 1.807) is 0 Å². The zero-order valence-electron chi connectivity index (χ0n) is 20.4. The minimum Gasteiger partial charge on any atom is -0.482 e. The number of ether oxygens (including phenoxy) is 3. The van der Waals surface area contributed by atoms with Crippen LogP contribution in [-0.4, -0.2) is 112 Å². The molecule has 0 radical (unpaired) electrons. The lowest BCUT2D eigenvalue weighted by molar-refractivity contribution is -0.142. The Morgan fingerprint density at radius 2 is 1.39 bits per heavy atom. The number of nitrogens with zero attached hydrogens (tertiary/aromatic N) is 4. The maximum absolute atomic E-state index is 12.2. The molecule has 2 saturated heterocycles. The van der Waals surface area contributed by atoms with Crippen molar-refractivity contribution in [3.05, 3.63) is 24.3 Å². The van der Waals surface area contributed by atoms with Gasteiger partial charge in [0.05, 0.1) is 7.11 Å². The summed E-state index contributed by atoms with van der Waals surface area (Å²) in [7, 11) is 1.35. The third-order valence-corrected chi connectivity index (χ3v) is 5.91. The van der Waals surface area contributed by atoms with Crippen LogP contribution in [0.3, 0.4) is 0 Å². The summed E-state index contributed by atoms with van der Waals surface area (Å²) in [5.74, 6) is 0.273. The predicted molar refractivity (Wildman–Crippen MR) is 127 cm³/mol. The van der Waals surface area contributed by atoms with Gasteiger partial charge in [-0.3, -0.25) is 9.80 Å². The Morgan fingerprint density at radius 3 is 1.91 bits per heavy atom. The Morgan fingerprint density at radius 1 is 0.848 bits per heavy atom. The predicted octanol–water partition coefficient (Wildman–Crippen LogP) is 1.91. The van der Waals surface area contributed by atoms with E-state index in [0.29, 0.717) is 5.75 Å². The standard InChI is InChI=1S/C24H38N4O5/c1-24(2,3)33-23(30)28-17-13-26(14-18-28)10-9-25-11-15-27(16-12-25)20-5-7-21(8-6-20)32-19-22(29)31-4/h5-8H,9-19H2,1-4H3. The maximum atomic E-state index is 12.2. The highest BCUT2D eigenvalue weighted by Gasteiger charge is 2.26. The van der Waals surface area contributed by atoms with Crippen LogP contribution in [0.4, 0.5) is 10.5 Å². The number of benzene rings is 1. The van der Waals surface area contributed by atoms with Gasteiger partial charge >= 0.3 is 12.1 Å². The third kappa shape index (κ3) is 8.08. The zero-order valence-corrected chi connectivity index (χ0v) is 20.4. The average molecular weight is 463 g/mol. The molecular weight excluding hydrogens is 424 g/mol. The monoisotopic (exact) mass is 462 g/mol. The van der Waals surface area contributed by atoms with Gasteiger partial charge in [-0.25, -0.2) is 9.59 Å². The smallest absolute Gasteiger partial charge is 0.410 e. The number of hydrogen-bond donors (Lipinski definition) is 0. The second kappa shape index (κ2) is 11.6. The quantitative estimate of drug-likeness (QED) is 0.569. The first kappa shape index (κ1) is 25.1. The summed E-state index contributed by atoms with van der Waals surface area (Å²) in [6.07, 6.45) is -0.207. The molecule has 0 N–H and O–H groups in total. The average Bonchev–Trinajstić information content (AvgIpc) is 2.81. The van der Waals surface area contributed by atoms with E-state index in [-0.39, 0.29) is 18.7 Å². The number of carbonyl (C=O) groups excluding carboxylic acids is 2. The van der Waals surface area contributed by atoms with Crippen LogP contribution in [0.5, 0.6) is 5.75 Å². The number of rotatable bonds is 7. The summed E-state index contributed by atoms with van der Waals surface area (Å²) in [4.78, 5) is 32.5. The fraction of sp³-hybridized carbons (Fsp3) is 0.667. The first-order valence-corrected chi connectivity index (χ1v) is 11.7. The third-order valence-electron chi connectivity index (χ3n) is 5.91. The van der Waals surface area contributed by atoms with Crippen LogP contribution in [0.15, 0.2) is 24.3 Å². The largest absolute Gasteiger partial charge is 0.482 e. The Kier molecular flexibility index (Phi) is 8.80. The van der Waals surface area contributed by atoms with Crippen molar-refractivity contribution < 1.29 is 23.8 Å². The van der Waals surface area contributed by atoms with Crippen molar-refractivity contribution in [1.29, 1.82) is 0 Å². The lowest BCUT2D eigenvalue weighted by Crippen LogP contribution is -2.53. The number of esters is 1. The normalized spacial score (nSPS) is 18.2. The summed E-state index contributed by atoms with van der Waals surface area (Å²) in [6, 6.07) is 7.85. The highest BCUT2D eigenvalue weighted by molar-refractivity contribution is 5.71. The van der Waals surface area contributed by atoms with Gasteiger partial charge in [-0.2, -0.15) is 0 Å². The van der Waals surface area contributed by atoms with Crippen molar-refractivity contribution in [1.82, 2.24) is 14.7 Å². The fourth-order valence-corrected chi connectivity index (χ4v) is 3.95. The second-order valence-electron chi connectivity index (χ2n) is 9.50. The molecule has 0 atom stereocenters. The number of hydrogen-bond acceptors (Lipinski definition) is 8. The molecule has 2 heterocycles. The van der Waals surface area contributed by atoms with Crippen LogP contribution in [-0.2, 0) is 14.3 Å². The Balaban J connectivity index is 1.33. The lowest BCUT2D eigenvalue weighted by Gasteiger charge is -2.39. The minimum absolute atomic E-state index is 0.0788. The first-order valence-electron chi connectivity index (χ1n) is 11.7. The molecule has 9 nitrogen and oxygen atoms in total. The van der Waals surface area contributed by atoms with E-state index in [0.717, 1.165) is 65.4 Å². The van der Waals surface area contributed by atoms with E-state index in [1.807, 2.05) is 49.9 Å². The van der Waals surface area contributed by atoms with Crippen LogP contribution >= 0.6 is 0 Å². The molecule has 1 aromatic carbocycles. The summed E-state index contributed by atoms with van der Waals surface area (Å²) in [5, 5.41) is 0. The summed E-state index contributed by atoms with van der Waals surface area (Å²) in [6.45, 7) is 14.9. The molecule has 3 rings (SSSR count). The first-order chi connectivity index (χ1) is 15.7. The Labute approximate surface area is 197 Å². The molecule has 184 valence electrons. The van der Waals surface area contributed by atoms with Gasteiger partial charge in [-0.05, 0) is 45.0 Å². The van der Waals surface area contributed by atoms with E-state index in [9.17, 15) is 9.59 Å². The molecule has 0 unspecified atom stereocenters. The number of piperazine rings is 2. The highest BCUT2D eigenvalue weighted by Crippen LogP contribution is 2.21. The van der Waals surface area contributed by atoms with Crippen molar-refractivity contribution in [2.75, 3.05) is 84.1 Å². The van der Waals surface area contributed by atoms with E-state index in [4.69, 9.17) is 9.47 Å². The van der Waals surface area contributed by atoms with Crippen molar-refractivity contribution in [3.63, 3.8) is 0 Å². The molecule has 33 heavy (non-hydrogen) atoms.